The second-order valence-corrected chi connectivity index (χ2v) is 5.93. The van der Waals surface area contributed by atoms with E-state index in [1.807, 2.05) is 0 Å². The number of rotatable bonds is 4. The molecular weight excluding hydrogens is 254 g/mol. The normalized spacial score (nSPS) is 17.0. The van der Waals surface area contributed by atoms with Crippen molar-refractivity contribution in [3.63, 3.8) is 0 Å². The van der Waals surface area contributed by atoms with Crippen molar-refractivity contribution in [3.05, 3.63) is 16.3 Å². The number of carboxylic acid groups (broad SMARTS) is 1. The van der Waals surface area contributed by atoms with E-state index in [-0.39, 0.29) is 15.8 Å². The molecule has 1 saturated heterocycles. The maximum Gasteiger partial charge on any atom is 0.345 e. The molecule has 8 heteroatoms. The van der Waals surface area contributed by atoms with E-state index in [1.165, 1.54) is 5.38 Å². The van der Waals surface area contributed by atoms with Gasteiger partial charge in [0.25, 0.3) is 0 Å². The third-order valence-electron chi connectivity index (χ3n) is 2.06. The van der Waals surface area contributed by atoms with Crippen LogP contribution < -0.4 is 4.72 Å². The van der Waals surface area contributed by atoms with Crippen LogP contribution in [0, 0.1) is 0 Å². The molecule has 1 aliphatic heterocycles. The molecule has 6 nitrogen and oxygen atoms in total. The van der Waals surface area contributed by atoms with Gasteiger partial charge in [0.15, 0.2) is 0 Å². The first-order chi connectivity index (χ1) is 7.49. The summed E-state index contributed by atoms with van der Waals surface area (Å²) in [7, 11) is -3.62. The Hall–Kier alpha value is -0.960. The van der Waals surface area contributed by atoms with Gasteiger partial charge in [-0.25, -0.2) is 17.9 Å². The van der Waals surface area contributed by atoms with Crippen LogP contribution in [0.5, 0.6) is 0 Å². The van der Waals surface area contributed by atoms with Gasteiger partial charge in [-0.2, -0.15) is 0 Å². The van der Waals surface area contributed by atoms with E-state index in [9.17, 15) is 13.2 Å². The molecule has 16 heavy (non-hydrogen) atoms. The molecular formula is C8H9NO5S2. The number of nitrogens with one attached hydrogen (secondary N) is 1. The molecule has 0 aromatic carbocycles. The maximum absolute atomic E-state index is 11.7. The maximum atomic E-state index is 11.7. The van der Waals surface area contributed by atoms with Crippen LogP contribution in [0.4, 0.5) is 0 Å². The van der Waals surface area contributed by atoms with Crippen molar-refractivity contribution in [2.75, 3.05) is 13.2 Å². The lowest BCUT2D eigenvalue weighted by molar-refractivity contribution is 0.00482. The van der Waals surface area contributed by atoms with E-state index in [2.05, 4.69) is 4.72 Å². The summed E-state index contributed by atoms with van der Waals surface area (Å²) >= 11 is 0.887. The number of sulfonamides is 1. The number of carboxylic acids is 1. The summed E-state index contributed by atoms with van der Waals surface area (Å²) in [5.41, 5.74) is 0. The molecule has 1 aromatic heterocycles. The zero-order valence-corrected chi connectivity index (χ0v) is 9.68. The highest BCUT2D eigenvalue weighted by Crippen LogP contribution is 2.20. The lowest BCUT2D eigenvalue weighted by atomic mass is 10.3. The van der Waals surface area contributed by atoms with Crippen LogP contribution in [0.1, 0.15) is 9.67 Å². The standard InChI is InChI=1S/C8H9NO5S2/c10-8(11)7-1-6(4-15-7)16(12,13)9-5-2-14-3-5/h1,4-5,9H,2-3H2,(H,10,11). The summed E-state index contributed by atoms with van der Waals surface area (Å²) in [5, 5.41) is 9.99. The number of hydrogen-bond donors (Lipinski definition) is 2. The molecule has 2 heterocycles. The summed E-state index contributed by atoms with van der Waals surface area (Å²) in [4.78, 5) is 10.6. The van der Waals surface area contributed by atoms with Crippen molar-refractivity contribution in [1.29, 1.82) is 0 Å². The summed E-state index contributed by atoms with van der Waals surface area (Å²) in [5.74, 6) is -1.13. The number of hydrogen-bond acceptors (Lipinski definition) is 5. The number of carbonyl (C=O) groups is 1. The molecule has 0 saturated carbocycles. The van der Waals surface area contributed by atoms with Gasteiger partial charge in [-0.1, -0.05) is 0 Å². The molecule has 1 aliphatic rings. The highest BCUT2D eigenvalue weighted by atomic mass is 32.2. The van der Waals surface area contributed by atoms with Crippen molar-refractivity contribution in [1.82, 2.24) is 4.72 Å². The van der Waals surface area contributed by atoms with E-state index in [1.54, 1.807) is 0 Å². The van der Waals surface area contributed by atoms with Gasteiger partial charge in [0.2, 0.25) is 10.0 Å². The second kappa shape index (κ2) is 4.13. The van der Waals surface area contributed by atoms with Gasteiger partial charge >= 0.3 is 5.97 Å². The molecule has 0 aliphatic carbocycles. The smallest absolute Gasteiger partial charge is 0.345 e. The Morgan fingerprint density at radius 3 is 2.69 bits per heavy atom. The SMILES string of the molecule is O=C(O)c1cc(S(=O)(=O)NC2COC2)cs1. The van der Waals surface area contributed by atoms with Crippen LogP contribution in [-0.2, 0) is 14.8 Å². The van der Waals surface area contributed by atoms with Crippen molar-refractivity contribution in [3.8, 4) is 0 Å². The van der Waals surface area contributed by atoms with Gasteiger partial charge < -0.3 is 9.84 Å². The molecule has 0 radical (unpaired) electrons. The fraction of sp³-hybridized carbons (Fsp3) is 0.375. The molecule has 2 rings (SSSR count). The van der Waals surface area contributed by atoms with E-state index in [0.29, 0.717) is 13.2 Å². The van der Waals surface area contributed by atoms with Crippen LogP contribution in [-0.4, -0.2) is 38.7 Å². The summed E-state index contributed by atoms with van der Waals surface area (Å²) < 4.78 is 30.7. The molecule has 0 atom stereocenters. The first kappa shape index (κ1) is 11.5. The molecule has 0 spiro atoms. The first-order valence-electron chi connectivity index (χ1n) is 4.41. The predicted octanol–water partition coefficient (Wildman–Crippen LogP) is 0.123. The van der Waals surface area contributed by atoms with Crippen molar-refractivity contribution in [2.45, 2.75) is 10.9 Å². The Balaban J connectivity index is 2.17. The van der Waals surface area contributed by atoms with E-state index in [4.69, 9.17) is 9.84 Å². The highest BCUT2D eigenvalue weighted by Gasteiger charge is 2.26. The lowest BCUT2D eigenvalue weighted by Gasteiger charge is -2.26. The Bertz CT molecular complexity index is 502. The van der Waals surface area contributed by atoms with Crippen LogP contribution in [0.25, 0.3) is 0 Å². The number of ether oxygens (including phenoxy) is 1. The zero-order valence-electron chi connectivity index (χ0n) is 8.04. The summed E-state index contributed by atoms with van der Waals surface area (Å²) in [6.07, 6.45) is 0. The van der Waals surface area contributed by atoms with Gasteiger partial charge in [-0.15, -0.1) is 11.3 Å². The van der Waals surface area contributed by atoms with Crippen molar-refractivity contribution >= 4 is 27.3 Å². The van der Waals surface area contributed by atoms with Crippen LogP contribution >= 0.6 is 11.3 Å². The van der Waals surface area contributed by atoms with Gasteiger partial charge in [0.05, 0.1) is 24.2 Å². The quantitative estimate of drug-likeness (QED) is 0.805. The molecule has 0 bridgehead atoms. The lowest BCUT2D eigenvalue weighted by Crippen LogP contribution is -2.48. The predicted molar refractivity (Wildman–Crippen MR) is 56.2 cm³/mol. The fourth-order valence-corrected chi connectivity index (χ4v) is 3.48. The molecule has 88 valence electrons. The summed E-state index contributed by atoms with van der Waals surface area (Å²) in [6, 6.07) is 0.938. The zero-order chi connectivity index (χ0) is 11.8. The minimum Gasteiger partial charge on any atom is -0.477 e. The average Bonchev–Trinajstić information content (AvgIpc) is 2.61. The van der Waals surface area contributed by atoms with Crippen LogP contribution in [0.3, 0.4) is 0 Å². The summed E-state index contributed by atoms with van der Waals surface area (Å²) in [6.45, 7) is 0.713. The fourth-order valence-electron chi connectivity index (χ4n) is 1.16. The Morgan fingerprint density at radius 1 is 1.56 bits per heavy atom. The first-order valence-corrected chi connectivity index (χ1v) is 6.77. The van der Waals surface area contributed by atoms with Gasteiger partial charge in [-0.3, -0.25) is 0 Å². The molecule has 2 N–H and O–H groups in total. The van der Waals surface area contributed by atoms with E-state index >= 15 is 0 Å². The number of thiophene rings is 1. The largest absolute Gasteiger partial charge is 0.477 e. The van der Waals surface area contributed by atoms with Gasteiger partial charge in [-0.05, 0) is 6.07 Å². The highest BCUT2D eigenvalue weighted by molar-refractivity contribution is 7.89. The Morgan fingerprint density at radius 2 is 2.25 bits per heavy atom. The molecule has 0 amide bonds. The van der Waals surface area contributed by atoms with Crippen molar-refractivity contribution < 1.29 is 23.1 Å². The third-order valence-corrected chi connectivity index (χ3v) is 4.62. The van der Waals surface area contributed by atoms with E-state index in [0.717, 1.165) is 17.4 Å². The van der Waals surface area contributed by atoms with Crippen LogP contribution in [0.15, 0.2) is 16.3 Å². The minimum atomic E-state index is -3.62. The third kappa shape index (κ3) is 2.24. The monoisotopic (exact) mass is 263 g/mol. The van der Waals surface area contributed by atoms with Crippen molar-refractivity contribution in [2.24, 2.45) is 0 Å². The second-order valence-electron chi connectivity index (χ2n) is 3.31. The van der Waals surface area contributed by atoms with Crippen LogP contribution in [0.2, 0.25) is 0 Å². The van der Waals surface area contributed by atoms with Gasteiger partial charge in [0, 0.05) is 5.38 Å². The molecule has 1 fully saturated rings. The van der Waals surface area contributed by atoms with E-state index < -0.39 is 16.0 Å². The number of aromatic carboxylic acids is 1. The van der Waals surface area contributed by atoms with Gasteiger partial charge in [0.1, 0.15) is 4.88 Å². The average molecular weight is 263 g/mol. The molecule has 1 aromatic rings. The minimum absolute atomic E-state index is 0.00485. The molecule has 0 unspecified atom stereocenters. The Kier molecular flexibility index (Phi) is 2.98. The Labute approximate surface area is 95.9 Å². The topological polar surface area (TPSA) is 92.7 Å².